The lowest BCUT2D eigenvalue weighted by atomic mass is 9.46. The SMILES string of the molecule is CCCC1O[C@@H]2C[C@H]3[C@@H]4CCC5=CC(=O)C=C[C@]5(C)[C@@]4(Br)[C@@H](O)C[C@]3(C)[C@]2(C(=O)CO)O1. The van der Waals surface area contributed by atoms with Crippen molar-refractivity contribution in [3.63, 3.8) is 0 Å². The first-order valence-corrected chi connectivity index (χ1v) is 12.7. The number of alkyl halides is 1. The number of ether oxygens (including phenoxy) is 2. The lowest BCUT2D eigenvalue weighted by molar-refractivity contribution is -0.195. The summed E-state index contributed by atoms with van der Waals surface area (Å²) in [5.74, 6) is -0.222. The lowest BCUT2D eigenvalue weighted by Gasteiger charge is -2.64. The Balaban J connectivity index is 1.60. The zero-order valence-corrected chi connectivity index (χ0v) is 20.6. The highest BCUT2D eigenvalue weighted by atomic mass is 79.9. The molecule has 4 aliphatic carbocycles. The Kier molecular flexibility index (Phi) is 5.24. The number of hydrogen-bond acceptors (Lipinski definition) is 6. The van der Waals surface area contributed by atoms with Gasteiger partial charge >= 0.3 is 0 Å². The van der Waals surface area contributed by atoms with E-state index in [-0.39, 0.29) is 23.4 Å². The van der Waals surface area contributed by atoms with Gasteiger partial charge in [-0.15, -0.1) is 0 Å². The topological polar surface area (TPSA) is 93.1 Å². The predicted octanol–water partition coefficient (Wildman–Crippen LogP) is 3.23. The molecule has 2 N–H and O–H groups in total. The molecule has 9 atom stereocenters. The van der Waals surface area contributed by atoms with E-state index in [1.54, 1.807) is 12.2 Å². The molecule has 0 amide bonds. The maximum atomic E-state index is 13.3. The molecular formula is C25H33BrO6. The minimum atomic E-state index is -1.24. The minimum Gasteiger partial charge on any atom is -0.392 e. The number of halogens is 1. The van der Waals surface area contributed by atoms with Crippen LogP contribution in [0.2, 0.25) is 0 Å². The van der Waals surface area contributed by atoms with Crippen LogP contribution in [0.3, 0.4) is 0 Å². The third kappa shape index (κ3) is 2.55. The average Bonchev–Trinajstić information content (AvgIpc) is 3.22. The zero-order chi connectivity index (χ0) is 23.1. The summed E-state index contributed by atoms with van der Waals surface area (Å²) >= 11 is 4.04. The number of aliphatic hydroxyl groups excluding tert-OH is 2. The molecule has 0 aromatic carbocycles. The van der Waals surface area contributed by atoms with Gasteiger partial charge in [-0.2, -0.15) is 0 Å². The van der Waals surface area contributed by atoms with E-state index in [2.05, 4.69) is 22.9 Å². The maximum Gasteiger partial charge on any atom is 0.193 e. The molecule has 176 valence electrons. The average molecular weight is 509 g/mol. The van der Waals surface area contributed by atoms with Crippen LogP contribution in [0.1, 0.15) is 59.3 Å². The van der Waals surface area contributed by atoms with E-state index in [0.717, 1.165) is 24.8 Å². The fraction of sp³-hybridized carbons (Fsp3) is 0.760. The maximum absolute atomic E-state index is 13.3. The second-order valence-corrected chi connectivity index (χ2v) is 12.1. The molecule has 4 fully saturated rings. The van der Waals surface area contributed by atoms with E-state index >= 15 is 0 Å². The first kappa shape index (κ1) is 22.9. The van der Waals surface area contributed by atoms with E-state index in [4.69, 9.17) is 9.47 Å². The molecule has 1 heterocycles. The van der Waals surface area contributed by atoms with Crippen molar-refractivity contribution in [2.24, 2.45) is 22.7 Å². The summed E-state index contributed by atoms with van der Waals surface area (Å²) in [7, 11) is 0. The fourth-order valence-corrected chi connectivity index (χ4v) is 9.11. The van der Waals surface area contributed by atoms with Crippen molar-refractivity contribution >= 4 is 27.5 Å². The van der Waals surface area contributed by atoms with E-state index in [0.29, 0.717) is 19.3 Å². The van der Waals surface area contributed by atoms with Gasteiger partial charge in [0.05, 0.1) is 16.5 Å². The highest BCUT2D eigenvalue weighted by Gasteiger charge is 2.78. The fourth-order valence-electron chi connectivity index (χ4n) is 8.01. The van der Waals surface area contributed by atoms with Crippen molar-refractivity contribution in [3.8, 4) is 0 Å². The third-order valence-electron chi connectivity index (χ3n) is 9.52. The normalized spacial score (nSPS) is 51.5. The van der Waals surface area contributed by atoms with Crippen molar-refractivity contribution in [2.75, 3.05) is 6.61 Å². The molecule has 6 nitrogen and oxygen atoms in total. The number of fused-ring (bicyclic) bond motifs is 7. The van der Waals surface area contributed by atoms with Crippen molar-refractivity contribution in [1.82, 2.24) is 0 Å². The largest absolute Gasteiger partial charge is 0.392 e. The van der Waals surface area contributed by atoms with E-state index in [1.165, 1.54) is 0 Å². The van der Waals surface area contributed by atoms with Gasteiger partial charge in [0.1, 0.15) is 6.61 Å². The molecule has 32 heavy (non-hydrogen) atoms. The van der Waals surface area contributed by atoms with E-state index in [9.17, 15) is 19.8 Å². The standard InChI is InChI=1S/C25H33BrO6/c1-4-5-21-31-20-11-17-16-7-6-14-10-15(28)8-9-22(14,2)24(16,26)18(29)12-23(17,3)25(20,32-21)19(30)13-27/h8-10,16-18,20-21,27,29H,4-7,11-13H2,1-3H3/t16-,17-,18-,20+,21?,22-,23-,24-,25+/m0/s1. The molecular weight excluding hydrogens is 476 g/mol. The molecule has 0 aromatic rings. The lowest BCUT2D eigenvalue weighted by Crippen LogP contribution is -2.69. The Bertz CT molecular complexity index is 914. The van der Waals surface area contributed by atoms with Gasteiger partial charge in [-0.05, 0) is 56.1 Å². The monoisotopic (exact) mass is 508 g/mol. The van der Waals surface area contributed by atoms with Gasteiger partial charge in [0.25, 0.3) is 0 Å². The van der Waals surface area contributed by atoms with Crippen molar-refractivity contribution in [1.29, 1.82) is 0 Å². The number of ketones is 2. The Hall–Kier alpha value is -0.860. The first-order chi connectivity index (χ1) is 15.1. The second kappa shape index (κ2) is 7.32. The molecule has 5 rings (SSSR count). The summed E-state index contributed by atoms with van der Waals surface area (Å²) in [6, 6.07) is 0. The third-order valence-corrected chi connectivity index (χ3v) is 11.5. The number of aliphatic hydroxyl groups is 2. The first-order valence-electron chi connectivity index (χ1n) is 11.9. The number of rotatable bonds is 4. The Morgan fingerprint density at radius 1 is 1.31 bits per heavy atom. The number of allylic oxidation sites excluding steroid dienone is 4. The van der Waals surface area contributed by atoms with Crippen LogP contribution in [-0.4, -0.2) is 56.8 Å². The predicted molar refractivity (Wildman–Crippen MR) is 121 cm³/mol. The van der Waals surface area contributed by atoms with Crippen molar-refractivity contribution in [2.45, 2.75) is 87.7 Å². The van der Waals surface area contributed by atoms with Gasteiger partial charge in [-0.3, -0.25) is 9.59 Å². The molecule has 0 radical (unpaired) electrons. The highest BCUT2D eigenvalue weighted by molar-refractivity contribution is 9.10. The second-order valence-electron chi connectivity index (χ2n) is 10.8. The van der Waals surface area contributed by atoms with Crippen LogP contribution in [0, 0.1) is 22.7 Å². The molecule has 1 unspecified atom stereocenters. The van der Waals surface area contributed by atoms with Crippen LogP contribution in [0.5, 0.6) is 0 Å². The van der Waals surface area contributed by atoms with Crippen LogP contribution >= 0.6 is 15.9 Å². The zero-order valence-electron chi connectivity index (χ0n) is 19.0. The van der Waals surface area contributed by atoms with Crippen LogP contribution in [0.4, 0.5) is 0 Å². The Morgan fingerprint density at radius 2 is 2.06 bits per heavy atom. The molecule has 3 saturated carbocycles. The van der Waals surface area contributed by atoms with Crippen molar-refractivity contribution in [3.05, 3.63) is 23.8 Å². The smallest absolute Gasteiger partial charge is 0.193 e. The summed E-state index contributed by atoms with van der Waals surface area (Å²) < 4.78 is 12.0. The van der Waals surface area contributed by atoms with Gasteiger partial charge in [0, 0.05) is 10.8 Å². The summed E-state index contributed by atoms with van der Waals surface area (Å²) in [6.07, 6.45) is 7.78. The van der Waals surface area contributed by atoms with E-state index in [1.807, 2.05) is 19.9 Å². The molecule has 0 bridgehead atoms. The van der Waals surface area contributed by atoms with Gasteiger partial charge in [-0.25, -0.2) is 0 Å². The van der Waals surface area contributed by atoms with Gasteiger partial charge in [0.2, 0.25) is 0 Å². The van der Waals surface area contributed by atoms with Gasteiger partial charge in [-0.1, -0.05) is 54.8 Å². The number of hydrogen-bond donors (Lipinski definition) is 2. The van der Waals surface area contributed by atoms with Crippen LogP contribution in [0.15, 0.2) is 23.8 Å². The summed E-state index contributed by atoms with van der Waals surface area (Å²) in [6.45, 7) is 5.60. The summed E-state index contributed by atoms with van der Waals surface area (Å²) in [4.78, 5) is 25.4. The molecule has 7 heteroatoms. The quantitative estimate of drug-likeness (QED) is 0.566. The summed E-state index contributed by atoms with van der Waals surface area (Å²) in [5, 5.41) is 21.7. The van der Waals surface area contributed by atoms with Gasteiger partial charge < -0.3 is 19.7 Å². The highest BCUT2D eigenvalue weighted by Crippen LogP contribution is 2.72. The van der Waals surface area contributed by atoms with Crippen LogP contribution < -0.4 is 0 Å². The molecule has 5 aliphatic rings. The number of carbonyl (C=O) groups excluding carboxylic acids is 2. The number of carbonyl (C=O) groups is 2. The summed E-state index contributed by atoms with van der Waals surface area (Å²) in [5.41, 5.74) is -1.34. The Labute approximate surface area is 197 Å². The molecule has 1 saturated heterocycles. The molecule has 1 aliphatic heterocycles. The molecule has 0 aromatic heterocycles. The van der Waals surface area contributed by atoms with Gasteiger partial charge in [0.15, 0.2) is 23.5 Å². The number of Topliss-reactive ketones (excluding diaryl/α,β-unsaturated/α-hetero) is 1. The van der Waals surface area contributed by atoms with Crippen LogP contribution in [0.25, 0.3) is 0 Å². The Morgan fingerprint density at radius 3 is 2.75 bits per heavy atom. The minimum absolute atomic E-state index is 0.00572. The molecule has 0 spiro atoms. The van der Waals surface area contributed by atoms with Crippen LogP contribution in [-0.2, 0) is 19.1 Å². The van der Waals surface area contributed by atoms with E-state index < -0.39 is 45.9 Å². The van der Waals surface area contributed by atoms with Crippen molar-refractivity contribution < 1.29 is 29.3 Å².